The second kappa shape index (κ2) is 5.72. The number of aliphatic hydroxyl groups excluding tert-OH is 1. The molecule has 1 aromatic heterocycles. The SMILES string of the molecule is Cn1cnc2cc(CCNC(C)(C)CCO)ccc21. The lowest BCUT2D eigenvalue weighted by atomic mass is 10.0. The molecule has 4 nitrogen and oxygen atoms in total. The largest absolute Gasteiger partial charge is 0.396 e. The monoisotopic (exact) mass is 261 g/mol. The Kier molecular flexibility index (Phi) is 4.22. The van der Waals surface area contributed by atoms with Gasteiger partial charge in [-0.2, -0.15) is 0 Å². The Bertz CT molecular complexity index is 545. The summed E-state index contributed by atoms with van der Waals surface area (Å²) in [6, 6.07) is 6.43. The molecule has 0 aliphatic carbocycles. The smallest absolute Gasteiger partial charge is 0.0955 e. The minimum absolute atomic E-state index is 0.0101. The zero-order chi connectivity index (χ0) is 13.9. The quantitative estimate of drug-likeness (QED) is 0.834. The van der Waals surface area contributed by atoms with E-state index in [1.165, 1.54) is 5.56 Å². The van der Waals surface area contributed by atoms with Crippen molar-refractivity contribution < 1.29 is 5.11 Å². The van der Waals surface area contributed by atoms with Gasteiger partial charge in [-0.3, -0.25) is 0 Å². The minimum atomic E-state index is -0.0101. The molecular formula is C15H23N3O. The Morgan fingerprint density at radius 2 is 2.16 bits per heavy atom. The molecule has 2 aromatic rings. The third-order valence-electron chi connectivity index (χ3n) is 3.54. The van der Waals surface area contributed by atoms with Gasteiger partial charge in [-0.25, -0.2) is 4.98 Å². The molecule has 0 atom stereocenters. The maximum atomic E-state index is 8.99. The van der Waals surface area contributed by atoms with E-state index in [1.54, 1.807) is 0 Å². The summed E-state index contributed by atoms with van der Waals surface area (Å²) >= 11 is 0. The van der Waals surface area contributed by atoms with E-state index in [1.807, 2.05) is 17.9 Å². The highest BCUT2D eigenvalue weighted by Gasteiger charge is 2.15. The number of fused-ring (bicyclic) bond motifs is 1. The molecule has 0 radical (unpaired) electrons. The summed E-state index contributed by atoms with van der Waals surface area (Å²) in [5.41, 5.74) is 3.49. The van der Waals surface area contributed by atoms with Crippen LogP contribution < -0.4 is 5.32 Å². The number of imidazole rings is 1. The normalized spacial score (nSPS) is 12.2. The van der Waals surface area contributed by atoms with Crippen molar-refractivity contribution in [3.05, 3.63) is 30.1 Å². The van der Waals surface area contributed by atoms with Crippen molar-refractivity contribution in [1.29, 1.82) is 0 Å². The van der Waals surface area contributed by atoms with Crippen LogP contribution in [-0.2, 0) is 13.5 Å². The fourth-order valence-electron chi connectivity index (χ4n) is 2.25. The molecule has 0 bridgehead atoms. The standard InChI is InChI=1S/C15H23N3O/c1-15(2,7-9-19)17-8-6-12-4-5-14-13(10-12)16-11-18(14)3/h4-5,10-11,17,19H,6-9H2,1-3H3. The van der Waals surface area contributed by atoms with Crippen LogP contribution in [0.25, 0.3) is 11.0 Å². The average Bonchev–Trinajstić information content (AvgIpc) is 2.70. The zero-order valence-corrected chi connectivity index (χ0v) is 12.0. The molecule has 1 heterocycles. The van der Waals surface area contributed by atoms with E-state index in [0.717, 1.165) is 30.4 Å². The van der Waals surface area contributed by atoms with Crippen molar-refractivity contribution in [2.75, 3.05) is 13.2 Å². The summed E-state index contributed by atoms with van der Waals surface area (Å²) in [5, 5.41) is 12.5. The van der Waals surface area contributed by atoms with Crippen LogP contribution >= 0.6 is 0 Å². The van der Waals surface area contributed by atoms with E-state index in [0.29, 0.717) is 0 Å². The van der Waals surface area contributed by atoms with Gasteiger partial charge in [-0.1, -0.05) is 6.07 Å². The van der Waals surface area contributed by atoms with Gasteiger partial charge in [0, 0.05) is 19.2 Å². The van der Waals surface area contributed by atoms with E-state index in [4.69, 9.17) is 5.11 Å². The van der Waals surface area contributed by atoms with E-state index in [9.17, 15) is 0 Å². The molecule has 0 saturated carbocycles. The van der Waals surface area contributed by atoms with Gasteiger partial charge in [-0.05, 0) is 50.9 Å². The van der Waals surface area contributed by atoms with Crippen molar-refractivity contribution >= 4 is 11.0 Å². The topological polar surface area (TPSA) is 50.1 Å². The van der Waals surface area contributed by atoms with Crippen molar-refractivity contribution in [2.24, 2.45) is 7.05 Å². The van der Waals surface area contributed by atoms with Crippen LogP contribution in [0.5, 0.6) is 0 Å². The number of nitrogens with zero attached hydrogens (tertiary/aromatic N) is 2. The third kappa shape index (κ3) is 3.55. The summed E-state index contributed by atoms with van der Waals surface area (Å²) in [5.74, 6) is 0. The lowest BCUT2D eigenvalue weighted by Gasteiger charge is -2.25. The van der Waals surface area contributed by atoms with Crippen LogP contribution in [0.15, 0.2) is 24.5 Å². The van der Waals surface area contributed by atoms with Gasteiger partial charge < -0.3 is 15.0 Å². The first kappa shape index (κ1) is 14.0. The molecule has 19 heavy (non-hydrogen) atoms. The fourth-order valence-corrected chi connectivity index (χ4v) is 2.25. The number of hydrogen-bond donors (Lipinski definition) is 2. The van der Waals surface area contributed by atoms with Crippen LogP contribution in [0.1, 0.15) is 25.8 Å². The Labute approximate surface area is 114 Å². The van der Waals surface area contributed by atoms with E-state index >= 15 is 0 Å². The molecule has 0 unspecified atom stereocenters. The second-order valence-corrected chi connectivity index (χ2v) is 5.71. The maximum Gasteiger partial charge on any atom is 0.0955 e. The van der Waals surface area contributed by atoms with E-state index in [2.05, 4.69) is 42.3 Å². The first-order valence-corrected chi connectivity index (χ1v) is 6.78. The molecule has 0 amide bonds. The molecular weight excluding hydrogens is 238 g/mol. The van der Waals surface area contributed by atoms with Crippen LogP contribution in [-0.4, -0.2) is 33.3 Å². The van der Waals surface area contributed by atoms with Crippen molar-refractivity contribution in [3.63, 3.8) is 0 Å². The molecule has 104 valence electrons. The van der Waals surface area contributed by atoms with Crippen molar-refractivity contribution in [2.45, 2.75) is 32.2 Å². The molecule has 1 aromatic carbocycles. The van der Waals surface area contributed by atoms with E-state index in [-0.39, 0.29) is 12.1 Å². The first-order chi connectivity index (χ1) is 9.02. The highest BCUT2D eigenvalue weighted by Crippen LogP contribution is 2.14. The number of aryl methyl sites for hydroxylation is 1. The molecule has 2 rings (SSSR count). The number of rotatable bonds is 6. The lowest BCUT2D eigenvalue weighted by molar-refractivity contribution is 0.231. The van der Waals surface area contributed by atoms with Crippen LogP contribution in [0.2, 0.25) is 0 Å². The summed E-state index contributed by atoms with van der Waals surface area (Å²) in [6.45, 7) is 5.36. The molecule has 0 spiro atoms. The highest BCUT2D eigenvalue weighted by atomic mass is 16.3. The van der Waals surface area contributed by atoms with Gasteiger partial charge in [0.05, 0.1) is 17.4 Å². The van der Waals surface area contributed by atoms with Gasteiger partial charge in [0.25, 0.3) is 0 Å². The lowest BCUT2D eigenvalue weighted by Crippen LogP contribution is -2.41. The molecule has 4 heteroatoms. The predicted octanol–water partition coefficient (Wildman–Crippen LogP) is 1.87. The molecule has 0 aliphatic rings. The van der Waals surface area contributed by atoms with Gasteiger partial charge in [0.1, 0.15) is 0 Å². The average molecular weight is 261 g/mol. The number of benzene rings is 1. The molecule has 0 aliphatic heterocycles. The summed E-state index contributed by atoms with van der Waals surface area (Å²) in [6.07, 6.45) is 3.59. The van der Waals surface area contributed by atoms with Crippen LogP contribution in [0.4, 0.5) is 0 Å². The Morgan fingerprint density at radius 3 is 2.89 bits per heavy atom. The Balaban J connectivity index is 1.95. The third-order valence-corrected chi connectivity index (χ3v) is 3.54. The first-order valence-electron chi connectivity index (χ1n) is 6.78. The van der Waals surface area contributed by atoms with Crippen LogP contribution in [0.3, 0.4) is 0 Å². The zero-order valence-electron chi connectivity index (χ0n) is 12.0. The minimum Gasteiger partial charge on any atom is -0.396 e. The Hall–Kier alpha value is -1.39. The summed E-state index contributed by atoms with van der Waals surface area (Å²) < 4.78 is 2.03. The van der Waals surface area contributed by atoms with Gasteiger partial charge in [-0.15, -0.1) is 0 Å². The number of nitrogens with one attached hydrogen (secondary N) is 1. The summed E-state index contributed by atoms with van der Waals surface area (Å²) in [4.78, 5) is 4.37. The fraction of sp³-hybridized carbons (Fsp3) is 0.533. The Morgan fingerprint density at radius 1 is 1.37 bits per heavy atom. The van der Waals surface area contributed by atoms with Crippen molar-refractivity contribution in [1.82, 2.24) is 14.9 Å². The van der Waals surface area contributed by atoms with E-state index < -0.39 is 0 Å². The molecule has 0 saturated heterocycles. The second-order valence-electron chi connectivity index (χ2n) is 5.71. The van der Waals surface area contributed by atoms with Gasteiger partial charge >= 0.3 is 0 Å². The summed E-state index contributed by atoms with van der Waals surface area (Å²) in [7, 11) is 2.01. The van der Waals surface area contributed by atoms with Gasteiger partial charge in [0.2, 0.25) is 0 Å². The van der Waals surface area contributed by atoms with Crippen LogP contribution in [0, 0.1) is 0 Å². The number of hydrogen-bond acceptors (Lipinski definition) is 3. The van der Waals surface area contributed by atoms with Crippen molar-refractivity contribution in [3.8, 4) is 0 Å². The number of aromatic nitrogens is 2. The molecule has 2 N–H and O–H groups in total. The number of aliphatic hydroxyl groups is 1. The molecule has 0 fully saturated rings. The van der Waals surface area contributed by atoms with Gasteiger partial charge in [0.15, 0.2) is 0 Å². The maximum absolute atomic E-state index is 8.99. The highest BCUT2D eigenvalue weighted by molar-refractivity contribution is 5.75. The predicted molar refractivity (Wildman–Crippen MR) is 78.2 cm³/mol.